The van der Waals surface area contributed by atoms with Gasteiger partial charge in [-0.2, -0.15) is 0 Å². The van der Waals surface area contributed by atoms with Gasteiger partial charge in [-0.05, 0) is 25.7 Å². The molecule has 1 aliphatic carbocycles. The van der Waals surface area contributed by atoms with Crippen molar-refractivity contribution in [3.8, 4) is 0 Å². The molecule has 0 aromatic heterocycles. The van der Waals surface area contributed by atoms with Crippen molar-refractivity contribution < 1.29 is 0 Å². The Morgan fingerprint density at radius 2 is 2.30 bits per heavy atom. The van der Waals surface area contributed by atoms with E-state index in [1.165, 1.54) is 25.7 Å². The van der Waals surface area contributed by atoms with Gasteiger partial charge < -0.3 is 0 Å². The minimum Gasteiger partial charge on any atom is -0.0928 e. The summed E-state index contributed by atoms with van der Waals surface area (Å²) in [6, 6.07) is 0. The van der Waals surface area contributed by atoms with E-state index in [4.69, 9.17) is 0 Å². The monoisotopic (exact) mass is 200 g/mol. The smallest absolute Gasteiger partial charge is 0.00314 e. The first kappa shape index (κ1) is 8.06. The normalized spacial score (nSPS) is 15.9. The van der Waals surface area contributed by atoms with Gasteiger partial charge in [0.2, 0.25) is 0 Å². The maximum absolute atomic E-state index is 3.42. The van der Waals surface area contributed by atoms with Gasteiger partial charge in [-0.25, -0.2) is 0 Å². The van der Waals surface area contributed by atoms with Crippen LogP contribution in [0.25, 0.3) is 0 Å². The third-order valence-corrected chi connectivity index (χ3v) is 2.29. The molecule has 10 heavy (non-hydrogen) atoms. The van der Waals surface area contributed by atoms with E-state index in [9.17, 15) is 0 Å². The molecule has 0 saturated carbocycles. The summed E-state index contributed by atoms with van der Waals surface area (Å²) in [5.74, 6) is 0. The van der Waals surface area contributed by atoms with E-state index < -0.39 is 0 Å². The van der Waals surface area contributed by atoms with Crippen LogP contribution in [0.3, 0.4) is 0 Å². The van der Waals surface area contributed by atoms with E-state index in [2.05, 4.69) is 34.2 Å². The highest BCUT2D eigenvalue weighted by atomic mass is 79.9. The lowest BCUT2D eigenvalue weighted by Crippen LogP contribution is -1.80. The van der Waals surface area contributed by atoms with Gasteiger partial charge in [-0.15, -0.1) is 0 Å². The highest BCUT2D eigenvalue weighted by molar-refractivity contribution is 9.09. The molecule has 0 radical (unpaired) electrons. The van der Waals surface area contributed by atoms with Crippen LogP contribution in [0.5, 0.6) is 0 Å². The Balaban J connectivity index is 2.04. The Morgan fingerprint density at radius 1 is 1.40 bits per heavy atom. The van der Waals surface area contributed by atoms with E-state index in [-0.39, 0.29) is 0 Å². The average molecular weight is 201 g/mol. The highest BCUT2D eigenvalue weighted by Crippen LogP contribution is 2.17. The summed E-state index contributed by atoms with van der Waals surface area (Å²) in [6.45, 7) is 0. The fourth-order valence-corrected chi connectivity index (χ4v) is 1.52. The van der Waals surface area contributed by atoms with Crippen LogP contribution in [0.2, 0.25) is 0 Å². The van der Waals surface area contributed by atoms with Crippen LogP contribution in [0, 0.1) is 0 Å². The molecule has 0 N–H and O–H groups in total. The van der Waals surface area contributed by atoms with Gasteiger partial charge in [0.05, 0.1) is 0 Å². The average Bonchev–Trinajstić information content (AvgIpc) is 2.41. The molecular formula is C9H13Br. The zero-order chi connectivity index (χ0) is 7.23. The van der Waals surface area contributed by atoms with Crippen LogP contribution in [-0.4, -0.2) is 5.33 Å². The van der Waals surface area contributed by atoms with Crippen molar-refractivity contribution in [1.82, 2.24) is 0 Å². The maximum atomic E-state index is 3.42. The van der Waals surface area contributed by atoms with E-state index >= 15 is 0 Å². The zero-order valence-corrected chi connectivity index (χ0v) is 7.73. The number of unbranched alkanes of at least 4 members (excludes halogenated alkanes) is 1. The molecule has 0 atom stereocenters. The molecule has 0 unspecified atom stereocenters. The van der Waals surface area contributed by atoms with Crippen LogP contribution >= 0.6 is 15.9 Å². The lowest BCUT2D eigenvalue weighted by atomic mass is 10.1. The molecule has 0 saturated heterocycles. The van der Waals surface area contributed by atoms with Crippen molar-refractivity contribution in [2.45, 2.75) is 25.7 Å². The van der Waals surface area contributed by atoms with Gasteiger partial charge in [-0.1, -0.05) is 39.7 Å². The van der Waals surface area contributed by atoms with Crippen LogP contribution in [0.1, 0.15) is 25.7 Å². The Morgan fingerprint density at radius 3 is 2.90 bits per heavy atom. The number of hydrogen-bond donors (Lipinski definition) is 0. The van der Waals surface area contributed by atoms with E-state index in [1.54, 1.807) is 5.57 Å². The summed E-state index contributed by atoms with van der Waals surface area (Å²) in [5, 5.41) is 1.15. The summed E-state index contributed by atoms with van der Waals surface area (Å²) in [6.07, 6.45) is 11.7. The second-order valence-electron chi connectivity index (χ2n) is 2.60. The van der Waals surface area contributed by atoms with Crippen molar-refractivity contribution in [1.29, 1.82) is 0 Å². The Bertz CT molecular complexity index is 145. The number of alkyl halides is 1. The zero-order valence-electron chi connectivity index (χ0n) is 6.15. The van der Waals surface area contributed by atoms with Gasteiger partial charge in [0, 0.05) is 5.33 Å². The van der Waals surface area contributed by atoms with Gasteiger partial charge in [0.15, 0.2) is 0 Å². The molecule has 0 aliphatic heterocycles. The molecule has 0 spiro atoms. The molecule has 0 heterocycles. The van der Waals surface area contributed by atoms with Crippen molar-refractivity contribution in [3.63, 3.8) is 0 Å². The molecule has 0 fully saturated rings. The number of halogens is 1. The van der Waals surface area contributed by atoms with Crippen molar-refractivity contribution in [2.75, 3.05) is 5.33 Å². The highest BCUT2D eigenvalue weighted by Gasteiger charge is 1.97. The summed E-state index contributed by atoms with van der Waals surface area (Å²) in [7, 11) is 0. The molecule has 1 heteroatoms. The Labute approximate surface area is 71.1 Å². The predicted molar refractivity (Wildman–Crippen MR) is 49.5 cm³/mol. The SMILES string of the molecule is BrCCCCC1=CC=CC1. The van der Waals surface area contributed by atoms with Crippen LogP contribution in [-0.2, 0) is 0 Å². The van der Waals surface area contributed by atoms with Crippen LogP contribution in [0.15, 0.2) is 23.8 Å². The summed E-state index contributed by atoms with van der Waals surface area (Å²) >= 11 is 3.42. The molecule has 0 aromatic carbocycles. The first-order chi connectivity index (χ1) is 4.93. The minimum atomic E-state index is 1.15. The number of allylic oxidation sites excluding steroid dienone is 4. The Hall–Kier alpha value is -0.0400. The largest absolute Gasteiger partial charge is 0.0928 e. The third-order valence-electron chi connectivity index (χ3n) is 1.73. The molecule has 0 nitrogen and oxygen atoms in total. The van der Waals surface area contributed by atoms with Gasteiger partial charge in [0.25, 0.3) is 0 Å². The second kappa shape index (κ2) is 4.73. The second-order valence-corrected chi connectivity index (χ2v) is 3.40. The minimum absolute atomic E-state index is 1.15. The third kappa shape index (κ3) is 2.70. The van der Waals surface area contributed by atoms with Crippen LogP contribution in [0.4, 0.5) is 0 Å². The lowest BCUT2D eigenvalue weighted by Gasteiger charge is -1.98. The van der Waals surface area contributed by atoms with Crippen molar-refractivity contribution >= 4 is 15.9 Å². The number of rotatable bonds is 4. The topological polar surface area (TPSA) is 0 Å². The first-order valence-electron chi connectivity index (χ1n) is 3.84. The van der Waals surface area contributed by atoms with Gasteiger partial charge in [0.1, 0.15) is 0 Å². The summed E-state index contributed by atoms with van der Waals surface area (Å²) < 4.78 is 0. The van der Waals surface area contributed by atoms with Crippen molar-refractivity contribution in [3.05, 3.63) is 23.8 Å². The standard InChI is InChI=1S/C9H13Br/c10-8-4-3-7-9-5-1-2-6-9/h1-2,5H,3-4,6-8H2. The van der Waals surface area contributed by atoms with Gasteiger partial charge in [-0.3, -0.25) is 0 Å². The molecular weight excluding hydrogens is 188 g/mol. The fraction of sp³-hybridized carbons (Fsp3) is 0.556. The Kier molecular flexibility index (Phi) is 3.81. The quantitative estimate of drug-likeness (QED) is 0.482. The van der Waals surface area contributed by atoms with Crippen LogP contribution < -0.4 is 0 Å². The first-order valence-corrected chi connectivity index (χ1v) is 4.96. The number of hydrogen-bond acceptors (Lipinski definition) is 0. The lowest BCUT2D eigenvalue weighted by molar-refractivity contribution is 0.788. The molecule has 1 aliphatic rings. The van der Waals surface area contributed by atoms with Crippen molar-refractivity contribution in [2.24, 2.45) is 0 Å². The maximum Gasteiger partial charge on any atom is 0.00314 e. The molecule has 56 valence electrons. The molecule has 0 amide bonds. The summed E-state index contributed by atoms with van der Waals surface area (Å²) in [5.41, 5.74) is 1.60. The van der Waals surface area contributed by atoms with E-state index in [1.807, 2.05) is 0 Å². The van der Waals surface area contributed by atoms with Gasteiger partial charge >= 0.3 is 0 Å². The predicted octanol–water partition coefficient (Wildman–Crippen LogP) is 3.44. The fourth-order valence-electron chi connectivity index (χ4n) is 1.12. The molecule has 1 rings (SSSR count). The summed E-state index contributed by atoms with van der Waals surface area (Å²) in [4.78, 5) is 0. The van der Waals surface area contributed by atoms with E-state index in [0.29, 0.717) is 0 Å². The molecule has 0 aromatic rings. The van der Waals surface area contributed by atoms with E-state index in [0.717, 1.165) is 5.33 Å². The molecule has 0 bridgehead atoms.